The van der Waals surface area contributed by atoms with Crippen LogP contribution < -0.4 is 25.1 Å². The Labute approximate surface area is 192 Å². The molecule has 1 amide bonds. The predicted molar refractivity (Wildman–Crippen MR) is 124 cm³/mol. The molecule has 2 aromatic heterocycles. The number of aromatic nitrogens is 4. The normalized spacial score (nSPS) is 10.8. The van der Waals surface area contributed by atoms with Gasteiger partial charge in [-0.1, -0.05) is 23.9 Å². The molecule has 0 saturated carbocycles. The van der Waals surface area contributed by atoms with Crippen LogP contribution in [0.15, 0.2) is 58.5 Å². The van der Waals surface area contributed by atoms with E-state index in [2.05, 4.69) is 20.6 Å². The average molecular weight is 468 g/mol. The molecule has 0 unspecified atom stereocenters. The number of rotatable bonds is 8. The van der Waals surface area contributed by atoms with Crippen LogP contribution in [0.25, 0.3) is 16.8 Å². The zero-order valence-corrected chi connectivity index (χ0v) is 18.9. The molecule has 0 radical (unpaired) electrons. The highest BCUT2D eigenvalue weighted by molar-refractivity contribution is 7.99. The highest BCUT2D eigenvalue weighted by atomic mass is 32.2. The lowest BCUT2D eigenvalue weighted by Gasteiger charge is -2.09. The predicted octanol–water partition coefficient (Wildman–Crippen LogP) is 2.84. The van der Waals surface area contributed by atoms with Gasteiger partial charge < -0.3 is 19.5 Å². The lowest BCUT2D eigenvalue weighted by atomic mass is 10.1. The molecule has 0 aliphatic heterocycles. The van der Waals surface area contributed by atoms with E-state index >= 15 is 0 Å². The van der Waals surface area contributed by atoms with Crippen molar-refractivity contribution in [2.75, 3.05) is 32.4 Å². The molecule has 170 valence electrons. The Bertz CT molecular complexity index is 1370. The van der Waals surface area contributed by atoms with Gasteiger partial charge in [-0.25, -0.2) is 9.61 Å². The second-order valence-electron chi connectivity index (χ2n) is 6.77. The van der Waals surface area contributed by atoms with Crippen LogP contribution in [0, 0.1) is 0 Å². The van der Waals surface area contributed by atoms with Gasteiger partial charge in [0.15, 0.2) is 11.5 Å². The van der Waals surface area contributed by atoms with Gasteiger partial charge in [0.25, 0.3) is 5.56 Å². The number of fused-ring (bicyclic) bond motifs is 1. The lowest BCUT2D eigenvalue weighted by Crippen LogP contribution is -2.17. The van der Waals surface area contributed by atoms with Gasteiger partial charge >= 0.3 is 0 Å². The zero-order valence-electron chi connectivity index (χ0n) is 18.1. The van der Waals surface area contributed by atoms with Crippen molar-refractivity contribution in [1.82, 2.24) is 19.8 Å². The van der Waals surface area contributed by atoms with Crippen molar-refractivity contribution >= 4 is 28.9 Å². The highest BCUT2D eigenvalue weighted by Gasteiger charge is 2.16. The fourth-order valence-electron chi connectivity index (χ4n) is 3.19. The first kappa shape index (κ1) is 22.2. The van der Waals surface area contributed by atoms with Crippen molar-refractivity contribution in [3.05, 3.63) is 58.9 Å². The number of anilines is 1. The lowest BCUT2D eigenvalue weighted by molar-refractivity contribution is -0.113. The van der Waals surface area contributed by atoms with Crippen LogP contribution in [-0.2, 0) is 4.79 Å². The van der Waals surface area contributed by atoms with E-state index in [0.717, 1.165) is 17.3 Å². The van der Waals surface area contributed by atoms with Gasteiger partial charge in [-0.3, -0.25) is 9.59 Å². The van der Waals surface area contributed by atoms with Gasteiger partial charge in [0.05, 0.1) is 38.5 Å². The summed E-state index contributed by atoms with van der Waals surface area (Å²) in [6.07, 6.45) is 0. The first-order chi connectivity index (χ1) is 16.0. The van der Waals surface area contributed by atoms with Gasteiger partial charge in [0.1, 0.15) is 11.3 Å². The number of benzene rings is 2. The summed E-state index contributed by atoms with van der Waals surface area (Å²) < 4.78 is 17.3. The molecule has 2 aromatic carbocycles. The fraction of sp³-hybridized carbons (Fsp3) is 0.182. The number of H-pyrrole nitrogens is 1. The molecule has 0 bridgehead atoms. The Morgan fingerprint density at radius 2 is 1.79 bits per heavy atom. The number of nitrogens with zero attached hydrogens (tertiary/aromatic N) is 3. The average Bonchev–Trinajstić information content (AvgIpc) is 3.30. The van der Waals surface area contributed by atoms with Crippen LogP contribution in [-0.4, -0.2) is 52.8 Å². The molecule has 2 heterocycles. The second kappa shape index (κ2) is 9.65. The first-order valence-corrected chi connectivity index (χ1v) is 10.8. The van der Waals surface area contributed by atoms with Gasteiger partial charge in [-0.05, 0) is 36.4 Å². The molecule has 4 aromatic rings. The highest BCUT2D eigenvalue weighted by Crippen LogP contribution is 2.32. The van der Waals surface area contributed by atoms with Crippen molar-refractivity contribution in [3.8, 4) is 28.5 Å². The van der Waals surface area contributed by atoms with Gasteiger partial charge in [-0.15, -0.1) is 5.10 Å². The smallest absolute Gasteiger partial charge is 0.290 e. The molecule has 0 spiro atoms. The number of carbonyl (C=O) groups excluding carboxylic acids is 1. The largest absolute Gasteiger partial charge is 0.495 e. The summed E-state index contributed by atoms with van der Waals surface area (Å²) in [6, 6.07) is 14.1. The number of hydrogen-bond donors (Lipinski definition) is 2. The summed E-state index contributed by atoms with van der Waals surface area (Å²) in [6.45, 7) is 0. The van der Waals surface area contributed by atoms with Crippen molar-refractivity contribution in [3.63, 3.8) is 0 Å². The minimum Gasteiger partial charge on any atom is -0.495 e. The van der Waals surface area contributed by atoms with E-state index in [1.165, 1.54) is 11.6 Å². The number of amides is 1. The third-order valence-corrected chi connectivity index (χ3v) is 5.70. The van der Waals surface area contributed by atoms with Gasteiger partial charge in [-0.2, -0.15) is 5.10 Å². The van der Waals surface area contributed by atoms with E-state index in [-0.39, 0.29) is 11.7 Å². The topological polar surface area (TPSA) is 120 Å². The maximum atomic E-state index is 12.5. The molecule has 4 rings (SSSR count). The summed E-state index contributed by atoms with van der Waals surface area (Å²) in [5.41, 5.74) is 1.77. The Morgan fingerprint density at radius 1 is 1.03 bits per heavy atom. The number of nitrogens with one attached hydrogen (secondary N) is 2. The van der Waals surface area contributed by atoms with Crippen molar-refractivity contribution < 1.29 is 19.0 Å². The molecule has 0 aliphatic rings. The summed E-state index contributed by atoms with van der Waals surface area (Å²) in [4.78, 5) is 24.8. The SMILES string of the molecule is COc1ccccc1NC(=O)CSc1n[nH]c(=O)c2cc(-c3ccc(OC)c(OC)c3)nn12. The van der Waals surface area contributed by atoms with Crippen LogP contribution in [0.4, 0.5) is 5.69 Å². The monoisotopic (exact) mass is 467 g/mol. The van der Waals surface area contributed by atoms with E-state index in [1.54, 1.807) is 50.6 Å². The molecule has 0 aliphatic carbocycles. The number of hydrogen-bond acceptors (Lipinski definition) is 8. The minimum atomic E-state index is -0.392. The second-order valence-corrected chi connectivity index (χ2v) is 7.71. The summed E-state index contributed by atoms with van der Waals surface area (Å²) in [7, 11) is 4.64. The number of thioether (sulfide) groups is 1. The first-order valence-electron chi connectivity index (χ1n) is 9.80. The Kier molecular flexibility index (Phi) is 6.50. The number of methoxy groups -OCH3 is 3. The third-order valence-electron chi connectivity index (χ3n) is 4.77. The Hall–Kier alpha value is -3.99. The van der Waals surface area contributed by atoms with Crippen molar-refractivity contribution in [1.29, 1.82) is 0 Å². The van der Waals surface area contributed by atoms with Crippen LogP contribution in [0.3, 0.4) is 0 Å². The number of carbonyl (C=O) groups is 1. The maximum absolute atomic E-state index is 12.5. The summed E-state index contributed by atoms with van der Waals surface area (Å²) >= 11 is 1.14. The molecule has 0 fully saturated rings. The van der Waals surface area contributed by atoms with E-state index in [0.29, 0.717) is 39.3 Å². The summed E-state index contributed by atoms with van der Waals surface area (Å²) in [5, 5.41) is 14.2. The van der Waals surface area contributed by atoms with Crippen LogP contribution in [0.2, 0.25) is 0 Å². The fourth-order valence-corrected chi connectivity index (χ4v) is 3.89. The van der Waals surface area contributed by atoms with E-state index in [1.807, 2.05) is 12.1 Å². The molecule has 0 saturated heterocycles. The quantitative estimate of drug-likeness (QED) is 0.380. The molecular weight excluding hydrogens is 446 g/mol. The Balaban J connectivity index is 1.58. The molecule has 11 heteroatoms. The van der Waals surface area contributed by atoms with E-state index < -0.39 is 5.56 Å². The van der Waals surface area contributed by atoms with Crippen molar-refractivity contribution in [2.24, 2.45) is 0 Å². The number of aromatic amines is 1. The van der Waals surface area contributed by atoms with Crippen LogP contribution >= 0.6 is 11.8 Å². The van der Waals surface area contributed by atoms with E-state index in [9.17, 15) is 9.59 Å². The number of ether oxygens (including phenoxy) is 3. The molecule has 0 atom stereocenters. The Morgan fingerprint density at radius 3 is 2.55 bits per heavy atom. The summed E-state index contributed by atoms with van der Waals surface area (Å²) in [5.74, 6) is 1.49. The third kappa shape index (κ3) is 4.62. The standard InChI is InChI=1S/C22H21N5O5S/c1-30-17-7-5-4-6-14(17)23-20(28)12-33-22-25-24-21(29)16-11-15(26-27(16)22)13-8-9-18(31-2)19(10-13)32-3/h4-11H,12H2,1-3H3,(H,23,28)(H,24,29). The van der Waals surface area contributed by atoms with Crippen LogP contribution in [0.5, 0.6) is 17.2 Å². The molecular formula is C22H21N5O5S. The molecule has 33 heavy (non-hydrogen) atoms. The zero-order chi connectivity index (χ0) is 23.4. The van der Waals surface area contributed by atoms with Crippen molar-refractivity contribution in [2.45, 2.75) is 5.16 Å². The minimum absolute atomic E-state index is 0.0533. The van der Waals surface area contributed by atoms with Gasteiger partial charge in [0.2, 0.25) is 11.1 Å². The van der Waals surface area contributed by atoms with E-state index in [4.69, 9.17) is 14.2 Å². The number of para-hydroxylation sites is 2. The molecule has 2 N–H and O–H groups in total. The van der Waals surface area contributed by atoms with Crippen LogP contribution in [0.1, 0.15) is 0 Å². The molecule has 10 nitrogen and oxygen atoms in total. The van der Waals surface area contributed by atoms with Gasteiger partial charge in [0, 0.05) is 5.56 Å². The maximum Gasteiger partial charge on any atom is 0.290 e.